The second kappa shape index (κ2) is 10.5. The molecule has 0 saturated carbocycles. The van der Waals surface area contributed by atoms with Gasteiger partial charge in [0.1, 0.15) is 5.82 Å². The Bertz CT molecular complexity index is 978. The Hall–Kier alpha value is -2.73. The summed E-state index contributed by atoms with van der Waals surface area (Å²) in [7, 11) is 0. The first-order valence-corrected chi connectivity index (χ1v) is 12.0. The Morgan fingerprint density at radius 2 is 1.88 bits per heavy atom. The molecule has 2 aromatic rings. The molecular formula is C27H34FN3O2. The molecule has 2 fully saturated rings. The number of aryl methyl sites for hydroxylation is 1. The molecule has 6 heteroatoms. The van der Waals surface area contributed by atoms with E-state index in [1.54, 1.807) is 12.1 Å². The molecule has 0 bridgehead atoms. The predicted octanol–water partition coefficient (Wildman–Crippen LogP) is 3.84. The van der Waals surface area contributed by atoms with Gasteiger partial charge in [0.15, 0.2) is 0 Å². The maximum Gasteiger partial charge on any atom is 0.222 e. The fourth-order valence-corrected chi connectivity index (χ4v) is 5.05. The second-order valence-corrected chi connectivity index (χ2v) is 9.63. The van der Waals surface area contributed by atoms with E-state index >= 15 is 0 Å². The average Bonchev–Trinajstić information content (AvgIpc) is 3.00. The molecule has 2 heterocycles. The van der Waals surface area contributed by atoms with Crippen LogP contribution in [0, 0.1) is 12.7 Å². The number of nitrogens with zero attached hydrogens (tertiary/aromatic N) is 2. The first kappa shape index (κ1) is 23.4. The lowest BCUT2D eigenvalue weighted by molar-refractivity contribution is -0.131. The van der Waals surface area contributed by atoms with Crippen molar-refractivity contribution in [1.29, 1.82) is 0 Å². The zero-order chi connectivity index (χ0) is 23.3. The van der Waals surface area contributed by atoms with Crippen molar-refractivity contribution in [3.8, 4) is 0 Å². The topological polar surface area (TPSA) is 52.7 Å². The Kier molecular flexibility index (Phi) is 7.43. The van der Waals surface area contributed by atoms with Crippen molar-refractivity contribution in [1.82, 2.24) is 15.1 Å². The van der Waals surface area contributed by atoms with Gasteiger partial charge in [0.05, 0.1) is 0 Å². The summed E-state index contributed by atoms with van der Waals surface area (Å²) in [5.41, 5.74) is 3.03. The van der Waals surface area contributed by atoms with Crippen LogP contribution in [-0.4, -0.2) is 53.3 Å². The van der Waals surface area contributed by atoms with Gasteiger partial charge in [0.2, 0.25) is 11.8 Å². The number of amides is 2. The summed E-state index contributed by atoms with van der Waals surface area (Å²) in [4.78, 5) is 29.4. The van der Waals surface area contributed by atoms with Crippen LogP contribution in [0.5, 0.6) is 0 Å². The first-order valence-electron chi connectivity index (χ1n) is 12.0. The van der Waals surface area contributed by atoms with E-state index in [-0.39, 0.29) is 23.2 Å². The van der Waals surface area contributed by atoms with Crippen molar-refractivity contribution < 1.29 is 14.0 Å². The molecule has 1 N–H and O–H groups in total. The quantitative estimate of drug-likeness (QED) is 0.696. The Morgan fingerprint density at radius 1 is 1.06 bits per heavy atom. The summed E-state index contributed by atoms with van der Waals surface area (Å²) in [5, 5.41) is 3.19. The van der Waals surface area contributed by atoms with Crippen LogP contribution in [0.15, 0.2) is 48.5 Å². The molecular weight excluding hydrogens is 417 g/mol. The van der Waals surface area contributed by atoms with Crippen LogP contribution >= 0.6 is 0 Å². The fourth-order valence-electron chi connectivity index (χ4n) is 5.05. The Morgan fingerprint density at radius 3 is 2.61 bits per heavy atom. The van der Waals surface area contributed by atoms with Gasteiger partial charge in [-0.25, -0.2) is 4.39 Å². The summed E-state index contributed by atoms with van der Waals surface area (Å²) in [6.45, 7) is 5.88. The minimum atomic E-state index is -0.336. The first-order chi connectivity index (χ1) is 15.9. The van der Waals surface area contributed by atoms with E-state index in [1.807, 2.05) is 11.0 Å². The monoisotopic (exact) mass is 451 g/mol. The number of hydrogen-bond acceptors (Lipinski definition) is 3. The van der Waals surface area contributed by atoms with E-state index in [4.69, 9.17) is 0 Å². The summed E-state index contributed by atoms with van der Waals surface area (Å²) in [5.74, 6) is 0.0297. The highest BCUT2D eigenvalue weighted by molar-refractivity contribution is 5.80. The lowest BCUT2D eigenvalue weighted by Crippen LogP contribution is -2.45. The van der Waals surface area contributed by atoms with Crippen LogP contribution in [-0.2, 0) is 22.6 Å². The highest BCUT2D eigenvalue weighted by Gasteiger charge is 2.38. The number of rotatable bonds is 7. The maximum absolute atomic E-state index is 13.5. The van der Waals surface area contributed by atoms with Gasteiger partial charge in [0, 0.05) is 51.1 Å². The number of halogens is 1. The number of benzene rings is 2. The molecule has 1 atom stereocenters. The van der Waals surface area contributed by atoms with Gasteiger partial charge in [-0.1, -0.05) is 42.0 Å². The minimum absolute atomic E-state index is 0.0809. The molecule has 0 unspecified atom stereocenters. The normalized spacial score (nSPS) is 21.6. The summed E-state index contributed by atoms with van der Waals surface area (Å²) < 4.78 is 13.5. The highest BCUT2D eigenvalue weighted by Crippen LogP contribution is 2.30. The lowest BCUT2D eigenvalue weighted by atomic mass is 9.84. The Labute approximate surface area is 196 Å². The molecule has 0 aromatic heterocycles. The van der Waals surface area contributed by atoms with E-state index < -0.39 is 0 Å². The van der Waals surface area contributed by atoms with Gasteiger partial charge < -0.3 is 10.2 Å². The van der Waals surface area contributed by atoms with Gasteiger partial charge in [0.25, 0.3) is 0 Å². The molecule has 176 valence electrons. The van der Waals surface area contributed by atoms with Crippen molar-refractivity contribution in [2.45, 2.75) is 57.5 Å². The zero-order valence-electron chi connectivity index (χ0n) is 19.5. The van der Waals surface area contributed by atoms with Gasteiger partial charge >= 0.3 is 0 Å². The fraction of sp³-hybridized carbons (Fsp3) is 0.481. The molecule has 2 aromatic carbocycles. The van der Waals surface area contributed by atoms with E-state index in [9.17, 15) is 14.0 Å². The zero-order valence-corrected chi connectivity index (χ0v) is 19.5. The van der Waals surface area contributed by atoms with Crippen LogP contribution in [0.3, 0.4) is 0 Å². The van der Waals surface area contributed by atoms with Gasteiger partial charge in [-0.05, 0) is 55.9 Å². The number of carbonyl (C=O) groups is 2. The SMILES string of the molecule is Cc1ccc(C[C@]2(CCC(=O)N3CCCN(Cc4cccc(F)c4)CC3)CCC(=O)N2)cc1. The van der Waals surface area contributed by atoms with Crippen molar-refractivity contribution in [3.63, 3.8) is 0 Å². The average molecular weight is 452 g/mol. The van der Waals surface area contributed by atoms with Crippen molar-refractivity contribution >= 4 is 11.8 Å². The molecule has 2 saturated heterocycles. The summed E-state index contributed by atoms with van der Waals surface area (Å²) >= 11 is 0. The molecule has 4 rings (SSSR count). The molecule has 33 heavy (non-hydrogen) atoms. The van der Waals surface area contributed by atoms with Crippen molar-refractivity contribution in [2.24, 2.45) is 0 Å². The highest BCUT2D eigenvalue weighted by atomic mass is 19.1. The van der Waals surface area contributed by atoms with Crippen LogP contribution < -0.4 is 5.32 Å². The number of carbonyl (C=O) groups excluding carboxylic acids is 2. The smallest absolute Gasteiger partial charge is 0.222 e. The van der Waals surface area contributed by atoms with Gasteiger partial charge in [-0.2, -0.15) is 0 Å². The maximum atomic E-state index is 13.5. The van der Waals surface area contributed by atoms with E-state index in [2.05, 4.69) is 41.4 Å². The van der Waals surface area contributed by atoms with Crippen LogP contribution in [0.2, 0.25) is 0 Å². The number of hydrogen-bond donors (Lipinski definition) is 1. The lowest BCUT2D eigenvalue weighted by Gasteiger charge is -2.30. The molecule has 0 aliphatic carbocycles. The van der Waals surface area contributed by atoms with E-state index in [1.165, 1.54) is 17.2 Å². The standard InChI is InChI=1S/C27H34FN3O2/c1-21-6-8-22(9-7-21)19-27(12-10-25(32)29-27)13-11-26(33)31-15-3-14-30(16-17-31)20-23-4-2-5-24(28)18-23/h2,4-9,18H,3,10-17,19-20H2,1H3,(H,29,32)/t27-/m1/s1. The van der Waals surface area contributed by atoms with Gasteiger partial charge in [-0.15, -0.1) is 0 Å². The second-order valence-electron chi connectivity index (χ2n) is 9.63. The van der Waals surface area contributed by atoms with Crippen molar-refractivity contribution in [2.75, 3.05) is 26.2 Å². The molecule has 0 radical (unpaired) electrons. The van der Waals surface area contributed by atoms with Crippen LogP contribution in [0.4, 0.5) is 4.39 Å². The third kappa shape index (κ3) is 6.41. The molecule has 2 aliphatic rings. The minimum Gasteiger partial charge on any atom is -0.350 e. The Balaban J connectivity index is 1.32. The summed E-state index contributed by atoms with van der Waals surface area (Å²) in [6, 6.07) is 15.2. The molecule has 0 spiro atoms. The van der Waals surface area contributed by atoms with E-state index in [0.29, 0.717) is 32.4 Å². The third-order valence-electron chi connectivity index (χ3n) is 6.95. The van der Waals surface area contributed by atoms with Crippen LogP contribution in [0.25, 0.3) is 0 Å². The summed E-state index contributed by atoms with van der Waals surface area (Å²) in [6.07, 6.45) is 4.07. The van der Waals surface area contributed by atoms with Crippen LogP contribution in [0.1, 0.15) is 48.8 Å². The molecule has 5 nitrogen and oxygen atoms in total. The number of nitrogens with one attached hydrogen (secondary N) is 1. The predicted molar refractivity (Wildman–Crippen MR) is 127 cm³/mol. The van der Waals surface area contributed by atoms with Crippen molar-refractivity contribution in [3.05, 3.63) is 71.0 Å². The molecule has 2 aliphatic heterocycles. The van der Waals surface area contributed by atoms with E-state index in [0.717, 1.165) is 44.5 Å². The largest absolute Gasteiger partial charge is 0.350 e. The third-order valence-corrected chi connectivity index (χ3v) is 6.95. The molecule has 2 amide bonds. The van der Waals surface area contributed by atoms with Gasteiger partial charge in [-0.3, -0.25) is 14.5 Å².